The van der Waals surface area contributed by atoms with Gasteiger partial charge in [0.25, 0.3) is 0 Å². The van der Waals surface area contributed by atoms with Gasteiger partial charge in [0.1, 0.15) is 11.6 Å². The molecule has 0 aromatic heterocycles. The average molecular weight is 298 g/mol. The second-order valence-electron chi connectivity index (χ2n) is 4.55. The molecule has 1 rings (SSSR count). The fourth-order valence-electron chi connectivity index (χ4n) is 1.78. The molecule has 1 aromatic carbocycles. The molecule has 6 nitrogen and oxygen atoms in total. The molecule has 0 spiro atoms. The highest BCUT2D eigenvalue weighted by Gasteiger charge is 2.13. The van der Waals surface area contributed by atoms with Gasteiger partial charge in [0.15, 0.2) is 0 Å². The first kappa shape index (κ1) is 16.7. The first-order valence-corrected chi connectivity index (χ1v) is 6.56. The molecular weight excluding hydrogens is 279 g/mol. The van der Waals surface area contributed by atoms with Crippen LogP contribution < -0.4 is 15.4 Å². The molecule has 1 aromatic rings. The van der Waals surface area contributed by atoms with Crippen LogP contribution >= 0.6 is 0 Å². The molecule has 0 aliphatic carbocycles. The van der Waals surface area contributed by atoms with Crippen molar-refractivity contribution in [1.82, 2.24) is 5.32 Å². The lowest BCUT2D eigenvalue weighted by atomic mass is 10.0. The van der Waals surface area contributed by atoms with E-state index in [1.54, 1.807) is 0 Å². The summed E-state index contributed by atoms with van der Waals surface area (Å²) in [5, 5.41) is 13.9. The number of methoxy groups -OCH3 is 1. The number of rotatable bonds is 7. The van der Waals surface area contributed by atoms with E-state index in [-0.39, 0.29) is 24.6 Å². The van der Waals surface area contributed by atoms with E-state index in [2.05, 4.69) is 10.6 Å². The van der Waals surface area contributed by atoms with Gasteiger partial charge in [-0.05, 0) is 18.1 Å². The number of ether oxygens (including phenoxy) is 1. The van der Waals surface area contributed by atoms with Gasteiger partial charge in [0.2, 0.25) is 0 Å². The van der Waals surface area contributed by atoms with Gasteiger partial charge in [-0.1, -0.05) is 13.3 Å². The number of carboxylic acids is 1. The summed E-state index contributed by atoms with van der Waals surface area (Å²) < 4.78 is 18.0. The summed E-state index contributed by atoms with van der Waals surface area (Å²) in [5.74, 6) is -1.29. The van der Waals surface area contributed by atoms with Crippen LogP contribution in [0.4, 0.5) is 14.9 Å². The number of amides is 2. The van der Waals surface area contributed by atoms with Crippen LogP contribution in [0.5, 0.6) is 5.75 Å². The van der Waals surface area contributed by atoms with Gasteiger partial charge in [-0.25, -0.2) is 9.18 Å². The zero-order chi connectivity index (χ0) is 15.8. The van der Waals surface area contributed by atoms with Crippen LogP contribution in [0.25, 0.3) is 0 Å². The predicted octanol–water partition coefficient (Wildman–Crippen LogP) is 2.46. The Kier molecular flexibility index (Phi) is 6.45. The molecule has 0 aliphatic heterocycles. The first-order valence-electron chi connectivity index (χ1n) is 6.56. The standard InChI is InChI=1S/C14H19FN2O4/c1-3-9(6-13(18)19)8-16-14(20)17-11-5-4-10(15)7-12(11)21-2/h4-5,7,9H,3,6,8H2,1-2H3,(H,18,19)(H2,16,17,20). The minimum absolute atomic E-state index is 0.00332. The highest BCUT2D eigenvalue weighted by Crippen LogP contribution is 2.24. The van der Waals surface area contributed by atoms with Crippen molar-refractivity contribution in [3.05, 3.63) is 24.0 Å². The Morgan fingerprint density at radius 1 is 1.43 bits per heavy atom. The number of carbonyl (C=O) groups is 2. The van der Waals surface area contributed by atoms with Crippen molar-refractivity contribution in [1.29, 1.82) is 0 Å². The molecule has 0 aliphatic rings. The lowest BCUT2D eigenvalue weighted by Crippen LogP contribution is -2.33. The Morgan fingerprint density at radius 3 is 2.71 bits per heavy atom. The first-order chi connectivity index (χ1) is 9.96. The van der Waals surface area contributed by atoms with E-state index >= 15 is 0 Å². The number of nitrogens with one attached hydrogen (secondary N) is 2. The highest BCUT2D eigenvalue weighted by atomic mass is 19.1. The molecule has 0 heterocycles. The molecule has 2 amide bonds. The van der Waals surface area contributed by atoms with Crippen LogP contribution in [-0.4, -0.2) is 30.8 Å². The van der Waals surface area contributed by atoms with Gasteiger partial charge >= 0.3 is 12.0 Å². The Balaban J connectivity index is 2.55. The maximum absolute atomic E-state index is 13.0. The smallest absolute Gasteiger partial charge is 0.319 e. The number of urea groups is 1. The number of benzene rings is 1. The van der Waals surface area contributed by atoms with Crippen molar-refractivity contribution in [2.45, 2.75) is 19.8 Å². The van der Waals surface area contributed by atoms with Gasteiger partial charge in [-0.15, -0.1) is 0 Å². The van der Waals surface area contributed by atoms with Gasteiger partial charge < -0.3 is 20.5 Å². The summed E-state index contributed by atoms with van der Waals surface area (Å²) in [5.41, 5.74) is 0.336. The number of hydrogen-bond acceptors (Lipinski definition) is 3. The second-order valence-corrected chi connectivity index (χ2v) is 4.55. The number of aliphatic carboxylic acids is 1. The molecule has 3 N–H and O–H groups in total. The zero-order valence-electron chi connectivity index (χ0n) is 12.0. The fraction of sp³-hybridized carbons (Fsp3) is 0.429. The van der Waals surface area contributed by atoms with Crippen molar-refractivity contribution in [2.75, 3.05) is 19.0 Å². The van der Waals surface area contributed by atoms with Gasteiger partial charge in [0.05, 0.1) is 12.8 Å². The lowest BCUT2D eigenvalue weighted by Gasteiger charge is -2.15. The average Bonchev–Trinajstić information content (AvgIpc) is 2.44. The maximum atomic E-state index is 13.0. The lowest BCUT2D eigenvalue weighted by molar-refractivity contribution is -0.138. The Bertz CT molecular complexity index is 508. The molecule has 116 valence electrons. The Morgan fingerprint density at radius 2 is 2.14 bits per heavy atom. The summed E-state index contributed by atoms with van der Waals surface area (Å²) in [6.45, 7) is 2.11. The van der Waals surface area contributed by atoms with Crippen molar-refractivity contribution in [2.24, 2.45) is 5.92 Å². The van der Waals surface area contributed by atoms with Crippen LogP contribution in [0.15, 0.2) is 18.2 Å². The topological polar surface area (TPSA) is 87.7 Å². The second kappa shape index (κ2) is 8.08. The number of hydrogen-bond donors (Lipinski definition) is 3. The molecule has 0 radical (unpaired) electrons. The van der Waals surface area contributed by atoms with Crippen LogP contribution in [-0.2, 0) is 4.79 Å². The van der Waals surface area contributed by atoms with E-state index in [4.69, 9.17) is 9.84 Å². The largest absolute Gasteiger partial charge is 0.494 e. The molecule has 0 saturated carbocycles. The Labute approximate surface area is 122 Å². The molecule has 1 unspecified atom stereocenters. The molecule has 7 heteroatoms. The summed E-state index contributed by atoms with van der Waals surface area (Å²) in [7, 11) is 1.37. The van der Waals surface area contributed by atoms with Crippen LogP contribution in [0.1, 0.15) is 19.8 Å². The number of halogens is 1. The third kappa shape index (κ3) is 5.68. The highest BCUT2D eigenvalue weighted by molar-refractivity contribution is 5.90. The summed E-state index contributed by atoms with van der Waals surface area (Å²) in [4.78, 5) is 22.4. The Hall–Kier alpha value is -2.31. The number of anilines is 1. The molecule has 21 heavy (non-hydrogen) atoms. The van der Waals surface area contributed by atoms with Gasteiger partial charge in [-0.3, -0.25) is 4.79 Å². The van der Waals surface area contributed by atoms with Crippen LogP contribution in [0.2, 0.25) is 0 Å². The van der Waals surface area contributed by atoms with Crippen molar-refractivity contribution in [3.63, 3.8) is 0 Å². The monoisotopic (exact) mass is 298 g/mol. The van der Waals surface area contributed by atoms with Gasteiger partial charge in [0, 0.05) is 19.0 Å². The maximum Gasteiger partial charge on any atom is 0.319 e. The van der Waals surface area contributed by atoms with Gasteiger partial charge in [-0.2, -0.15) is 0 Å². The van der Waals surface area contributed by atoms with E-state index in [1.807, 2.05) is 6.92 Å². The van der Waals surface area contributed by atoms with E-state index in [0.29, 0.717) is 12.1 Å². The molecular formula is C14H19FN2O4. The minimum Gasteiger partial charge on any atom is -0.494 e. The fourth-order valence-corrected chi connectivity index (χ4v) is 1.78. The van der Waals surface area contributed by atoms with E-state index in [9.17, 15) is 14.0 Å². The quantitative estimate of drug-likeness (QED) is 0.721. The zero-order valence-corrected chi connectivity index (χ0v) is 12.0. The van der Waals surface area contributed by atoms with Crippen molar-refractivity contribution < 1.29 is 23.8 Å². The third-order valence-corrected chi connectivity index (χ3v) is 3.00. The van der Waals surface area contributed by atoms with Crippen molar-refractivity contribution in [3.8, 4) is 5.75 Å². The van der Waals surface area contributed by atoms with E-state index in [0.717, 1.165) is 6.07 Å². The summed E-state index contributed by atoms with van der Waals surface area (Å²) in [6, 6.07) is 3.26. The van der Waals surface area contributed by atoms with Crippen LogP contribution in [0, 0.1) is 11.7 Å². The summed E-state index contributed by atoms with van der Waals surface area (Å²) >= 11 is 0. The molecule has 0 bridgehead atoms. The molecule has 0 fully saturated rings. The van der Waals surface area contributed by atoms with E-state index in [1.165, 1.54) is 19.2 Å². The van der Waals surface area contributed by atoms with Crippen molar-refractivity contribution >= 4 is 17.7 Å². The third-order valence-electron chi connectivity index (χ3n) is 3.00. The molecule has 1 atom stereocenters. The SMILES string of the molecule is CCC(CNC(=O)Nc1ccc(F)cc1OC)CC(=O)O. The van der Waals surface area contributed by atoms with Crippen LogP contribution in [0.3, 0.4) is 0 Å². The number of carboxylic acid groups (broad SMARTS) is 1. The predicted molar refractivity (Wildman–Crippen MR) is 76.0 cm³/mol. The molecule has 0 saturated heterocycles. The summed E-state index contributed by atoms with van der Waals surface area (Å²) in [6.07, 6.45) is 0.642. The van der Waals surface area contributed by atoms with E-state index < -0.39 is 17.8 Å². The minimum atomic E-state index is -0.899. The number of carbonyl (C=O) groups excluding carboxylic acids is 1. The normalized spacial score (nSPS) is 11.6.